The third-order valence-electron chi connectivity index (χ3n) is 5.41. The molecule has 4 rings (SSSR count). The Balaban J connectivity index is 1.48. The van der Waals surface area contributed by atoms with E-state index in [4.69, 9.17) is 9.47 Å². The van der Waals surface area contributed by atoms with Crippen LogP contribution in [-0.4, -0.2) is 74.8 Å². The number of nitrogens with zero attached hydrogens (tertiary/aromatic N) is 5. The highest BCUT2D eigenvalue weighted by Crippen LogP contribution is 2.19. The molecular formula is C21H27N5O4. The quantitative estimate of drug-likeness (QED) is 0.694. The van der Waals surface area contributed by atoms with Gasteiger partial charge in [-0.15, -0.1) is 0 Å². The summed E-state index contributed by atoms with van der Waals surface area (Å²) in [6.07, 6.45) is 7.89. The minimum Gasteiger partial charge on any atom is -0.370 e. The number of hydrogen-bond donors (Lipinski definition) is 0. The Hall–Kier alpha value is -2.78. The van der Waals surface area contributed by atoms with Crippen LogP contribution in [0, 0.1) is 0 Å². The molecule has 2 saturated heterocycles. The van der Waals surface area contributed by atoms with Gasteiger partial charge in [0.2, 0.25) is 5.91 Å². The Morgan fingerprint density at radius 1 is 1.27 bits per heavy atom. The maximum atomic E-state index is 13.0. The summed E-state index contributed by atoms with van der Waals surface area (Å²) in [4.78, 5) is 33.3. The Morgan fingerprint density at radius 2 is 2.10 bits per heavy atom. The molecule has 30 heavy (non-hydrogen) atoms. The summed E-state index contributed by atoms with van der Waals surface area (Å²) < 4.78 is 13.4. The third-order valence-corrected chi connectivity index (χ3v) is 5.41. The van der Waals surface area contributed by atoms with Crippen LogP contribution >= 0.6 is 0 Å². The van der Waals surface area contributed by atoms with E-state index in [2.05, 4.69) is 10.1 Å². The maximum Gasteiger partial charge on any atom is 0.252 e. The van der Waals surface area contributed by atoms with Crippen LogP contribution in [-0.2, 0) is 39.3 Å². The van der Waals surface area contributed by atoms with E-state index < -0.39 is 6.10 Å². The predicted molar refractivity (Wildman–Crippen MR) is 107 cm³/mol. The molecule has 2 atom stereocenters. The fraction of sp³-hybridized carbons (Fsp3) is 0.524. The lowest BCUT2D eigenvalue weighted by Gasteiger charge is -2.26. The average Bonchev–Trinajstić information content (AvgIpc) is 3.40. The number of amides is 2. The number of pyridine rings is 1. The number of hydrogen-bond acceptors (Lipinski definition) is 6. The maximum absolute atomic E-state index is 13.0. The van der Waals surface area contributed by atoms with Gasteiger partial charge in [0, 0.05) is 57.4 Å². The van der Waals surface area contributed by atoms with Gasteiger partial charge in [0.05, 0.1) is 25.5 Å². The van der Waals surface area contributed by atoms with Crippen LogP contribution < -0.4 is 0 Å². The predicted octanol–water partition coefficient (Wildman–Crippen LogP) is 0.750. The second kappa shape index (κ2) is 9.36. The Morgan fingerprint density at radius 3 is 2.80 bits per heavy atom. The van der Waals surface area contributed by atoms with E-state index in [9.17, 15) is 9.59 Å². The molecule has 2 aliphatic heterocycles. The largest absolute Gasteiger partial charge is 0.370 e. The molecular weight excluding hydrogens is 386 g/mol. The van der Waals surface area contributed by atoms with Gasteiger partial charge in [0.15, 0.2) is 0 Å². The first-order valence-electron chi connectivity index (χ1n) is 10.2. The first kappa shape index (κ1) is 20.5. The van der Waals surface area contributed by atoms with Gasteiger partial charge in [-0.3, -0.25) is 19.3 Å². The smallest absolute Gasteiger partial charge is 0.252 e. The molecule has 2 aromatic heterocycles. The van der Waals surface area contributed by atoms with Gasteiger partial charge < -0.3 is 19.3 Å². The summed E-state index contributed by atoms with van der Waals surface area (Å²) in [5.41, 5.74) is 1.94. The van der Waals surface area contributed by atoms with Gasteiger partial charge in [0.25, 0.3) is 5.91 Å². The number of aryl methyl sites for hydroxylation is 1. The van der Waals surface area contributed by atoms with Crippen molar-refractivity contribution in [1.29, 1.82) is 0 Å². The Kier molecular flexibility index (Phi) is 6.39. The highest BCUT2D eigenvalue weighted by Gasteiger charge is 2.35. The van der Waals surface area contributed by atoms with Crippen LogP contribution in [0.5, 0.6) is 0 Å². The fourth-order valence-corrected chi connectivity index (χ4v) is 3.85. The molecule has 4 heterocycles. The van der Waals surface area contributed by atoms with Crippen molar-refractivity contribution in [2.75, 3.05) is 26.2 Å². The summed E-state index contributed by atoms with van der Waals surface area (Å²) in [6.45, 7) is 2.22. The van der Waals surface area contributed by atoms with E-state index in [1.54, 1.807) is 33.1 Å². The van der Waals surface area contributed by atoms with Crippen LogP contribution in [0.1, 0.15) is 24.0 Å². The van der Waals surface area contributed by atoms with Crippen LogP contribution in [0.2, 0.25) is 0 Å². The molecule has 9 heteroatoms. The number of aromatic nitrogens is 3. The topological polar surface area (TPSA) is 89.8 Å². The molecule has 0 saturated carbocycles. The average molecular weight is 413 g/mol. The molecule has 0 bridgehead atoms. The highest BCUT2D eigenvalue weighted by molar-refractivity contribution is 5.87. The van der Waals surface area contributed by atoms with Gasteiger partial charge in [-0.05, 0) is 30.5 Å². The summed E-state index contributed by atoms with van der Waals surface area (Å²) in [5, 5.41) is 4.18. The van der Waals surface area contributed by atoms with E-state index in [1.807, 2.05) is 25.4 Å². The molecule has 0 spiro atoms. The molecule has 2 aromatic rings. The van der Waals surface area contributed by atoms with Crippen molar-refractivity contribution in [1.82, 2.24) is 24.6 Å². The second-order valence-electron chi connectivity index (χ2n) is 7.81. The zero-order valence-corrected chi connectivity index (χ0v) is 17.1. The number of rotatable bonds is 6. The first-order chi connectivity index (χ1) is 14.6. The van der Waals surface area contributed by atoms with Crippen molar-refractivity contribution in [3.63, 3.8) is 0 Å². The third kappa shape index (κ3) is 5.03. The van der Waals surface area contributed by atoms with E-state index in [1.165, 1.54) is 0 Å². The zero-order chi connectivity index (χ0) is 20.9. The van der Waals surface area contributed by atoms with Crippen LogP contribution in [0.3, 0.4) is 0 Å². The summed E-state index contributed by atoms with van der Waals surface area (Å²) in [7, 11) is 1.84. The van der Waals surface area contributed by atoms with Crippen molar-refractivity contribution >= 4 is 11.8 Å². The Labute approximate surface area is 175 Å². The van der Waals surface area contributed by atoms with E-state index in [-0.39, 0.29) is 24.5 Å². The highest BCUT2D eigenvalue weighted by atomic mass is 16.5. The molecule has 0 aromatic carbocycles. The van der Waals surface area contributed by atoms with Gasteiger partial charge in [-0.1, -0.05) is 0 Å². The summed E-state index contributed by atoms with van der Waals surface area (Å²) >= 11 is 0. The fourth-order valence-electron chi connectivity index (χ4n) is 3.85. The SMILES string of the molecule is Cn1cc(CN2C[C@@H](OCc3ccncc3)CN(C(=O)[C@@H]3CCCO3)CC2=O)cn1. The zero-order valence-electron chi connectivity index (χ0n) is 17.1. The summed E-state index contributed by atoms with van der Waals surface area (Å²) in [6, 6.07) is 3.79. The van der Waals surface area contributed by atoms with Crippen molar-refractivity contribution in [2.24, 2.45) is 7.05 Å². The molecule has 2 amide bonds. The van der Waals surface area contributed by atoms with Crippen molar-refractivity contribution in [2.45, 2.75) is 38.2 Å². The molecule has 9 nitrogen and oxygen atoms in total. The second-order valence-corrected chi connectivity index (χ2v) is 7.81. The van der Waals surface area contributed by atoms with E-state index in [0.717, 1.165) is 17.5 Å². The van der Waals surface area contributed by atoms with Gasteiger partial charge in [0.1, 0.15) is 6.10 Å². The van der Waals surface area contributed by atoms with Crippen LogP contribution in [0.4, 0.5) is 0 Å². The summed E-state index contributed by atoms with van der Waals surface area (Å²) in [5.74, 6) is -0.221. The van der Waals surface area contributed by atoms with Crippen LogP contribution in [0.15, 0.2) is 36.9 Å². The molecule has 0 aliphatic carbocycles. The standard InChI is InChI=1S/C21H27N5O4/c1-24-10-17(9-23-24)11-25-12-18(30-15-16-4-6-22-7-5-16)13-26(14-20(25)27)21(28)19-3-2-8-29-19/h4-7,9-10,18-19H,2-3,8,11-15H2,1H3/t18-,19+/m1/s1. The minimum absolute atomic E-state index is 0.0358. The van der Waals surface area contributed by atoms with E-state index >= 15 is 0 Å². The minimum atomic E-state index is -0.455. The Bertz CT molecular complexity index is 865. The lowest BCUT2D eigenvalue weighted by molar-refractivity contribution is -0.145. The normalized spacial score (nSPS) is 22.4. The number of ether oxygens (including phenoxy) is 2. The van der Waals surface area contributed by atoms with Crippen LogP contribution in [0.25, 0.3) is 0 Å². The molecule has 0 N–H and O–H groups in total. The van der Waals surface area contributed by atoms with Gasteiger partial charge in [-0.25, -0.2) is 0 Å². The molecule has 2 fully saturated rings. The molecule has 2 aliphatic rings. The van der Waals surface area contributed by atoms with Crippen molar-refractivity contribution in [3.8, 4) is 0 Å². The van der Waals surface area contributed by atoms with Gasteiger partial charge >= 0.3 is 0 Å². The van der Waals surface area contributed by atoms with Crippen molar-refractivity contribution < 1.29 is 19.1 Å². The van der Waals surface area contributed by atoms with Crippen molar-refractivity contribution in [3.05, 3.63) is 48.0 Å². The van der Waals surface area contributed by atoms with Gasteiger partial charge in [-0.2, -0.15) is 5.10 Å². The first-order valence-corrected chi connectivity index (χ1v) is 10.2. The number of carbonyl (C=O) groups is 2. The lowest BCUT2D eigenvalue weighted by Crippen LogP contribution is -2.44. The lowest BCUT2D eigenvalue weighted by atomic mass is 10.2. The molecule has 0 unspecified atom stereocenters. The van der Waals surface area contributed by atoms with E-state index in [0.29, 0.717) is 39.3 Å². The number of carbonyl (C=O) groups excluding carboxylic acids is 2. The molecule has 160 valence electrons. The monoisotopic (exact) mass is 413 g/mol. The molecule has 0 radical (unpaired) electrons.